The van der Waals surface area contributed by atoms with E-state index in [4.69, 9.17) is 18.5 Å². The highest BCUT2D eigenvalue weighted by molar-refractivity contribution is 8.13. The molecule has 0 aliphatic carbocycles. The molecular formula is C23H38N3O9PS. The van der Waals surface area contributed by atoms with Gasteiger partial charge in [0.15, 0.2) is 5.12 Å². The molecule has 1 aromatic heterocycles. The highest BCUT2D eigenvalue weighted by Crippen LogP contribution is 2.46. The molecule has 0 bridgehead atoms. The fourth-order valence-corrected chi connectivity index (χ4v) is 5.82. The Kier molecular flexibility index (Phi) is 11.3. The number of aromatic nitrogens is 2. The molecule has 1 aliphatic rings. The molecule has 2 rings (SSSR count). The van der Waals surface area contributed by atoms with Crippen molar-refractivity contribution in [1.29, 1.82) is 0 Å². The van der Waals surface area contributed by atoms with E-state index in [1.165, 1.54) is 23.8 Å². The van der Waals surface area contributed by atoms with Gasteiger partial charge >= 0.3 is 19.4 Å². The molecular weight excluding hydrogens is 525 g/mol. The maximum absolute atomic E-state index is 13.5. The molecule has 2 N–H and O–H groups in total. The van der Waals surface area contributed by atoms with E-state index < -0.39 is 48.8 Å². The van der Waals surface area contributed by atoms with E-state index in [0.29, 0.717) is 6.42 Å². The highest BCUT2D eigenvalue weighted by atomic mass is 32.2. The van der Waals surface area contributed by atoms with Gasteiger partial charge in [0.05, 0.1) is 25.4 Å². The number of H-pyrrole nitrogens is 1. The predicted molar refractivity (Wildman–Crippen MR) is 139 cm³/mol. The third kappa shape index (κ3) is 9.81. The van der Waals surface area contributed by atoms with E-state index in [2.05, 4.69) is 10.1 Å². The van der Waals surface area contributed by atoms with Gasteiger partial charge in [-0.05, 0) is 27.2 Å². The number of nitrogens with one attached hydrogen (secondary N) is 2. The summed E-state index contributed by atoms with van der Waals surface area (Å²) in [6, 6.07) is 0.237. The van der Waals surface area contributed by atoms with E-state index >= 15 is 0 Å². The molecule has 0 radical (unpaired) electrons. The molecule has 2 heterocycles. The number of nitrogens with zero attached hydrogens (tertiary/aromatic N) is 1. The smallest absolute Gasteiger partial charge is 0.406 e. The van der Waals surface area contributed by atoms with Crippen molar-refractivity contribution < 1.29 is 32.7 Å². The molecule has 37 heavy (non-hydrogen) atoms. The summed E-state index contributed by atoms with van der Waals surface area (Å²) in [6.45, 7) is 11.9. The zero-order chi connectivity index (χ0) is 28.0. The Hall–Kier alpha value is -1.76. The number of hydrogen-bond acceptors (Lipinski definition) is 10. The Bertz CT molecular complexity index is 1100. The first-order valence-corrected chi connectivity index (χ1v) is 14.7. The van der Waals surface area contributed by atoms with E-state index in [1.807, 2.05) is 6.92 Å². The van der Waals surface area contributed by atoms with E-state index in [9.17, 15) is 23.7 Å². The average molecular weight is 564 g/mol. The largest absolute Gasteiger partial charge is 0.462 e. The van der Waals surface area contributed by atoms with Crippen LogP contribution >= 0.6 is 19.5 Å². The third-order valence-electron chi connectivity index (χ3n) is 5.26. The number of carbonyl (C=O) groups excluding carboxylic acids is 2. The normalized spacial score (nSPS) is 22.5. The van der Waals surface area contributed by atoms with Gasteiger partial charge in [-0.3, -0.25) is 33.0 Å². The van der Waals surface area contributed by atoms with Crippen molar-refractivity contribution in [3.63, 3.8) is 0 Å². The minimum absolute atomic E-state index is 0.0365. The summed E-state index contributed by atoms with van der Waals surface area (Å²) in [5.74, 6) is -0.488. The molecule has 14 heteroatoms. The van der Waals surface area contributed by atoms with Crippen molar-refractivity contribution in [3.8, 4) is 0 Å². The molecule has 1 saturated heterocycles. The summed E-state index contributed by atoms with van der Waals surface area (Å²) in [5, 5.41) is 2.57. The molecule has 1 aliphatic heterocycles. The molecule has 0 spiro atoms. The van der Waals surface area contributed by atoms with Gasteiger partial charge in [-0.1, -0.05) is 39.5 Å². The minimum Gasteiger partial charge on any atom is -0.462 e. The Labute approximate surface area is 220 Å². The Morgan fingerprint density at radius 3 is 2.54 bits per heavy atom. The number of hydrogen-bond donors (Lipinski definition) is 2. The van der Waals surface area contributed by atoms with Gasteiger partial charge in [-0.15, -0.1) is 0 Å². The first-order chi connectivity index (χ1) is 17.1. The lowest BCUT2D eigenvalue weighted by Crippen LogP contribution is -2.36. The zero-order valence-corrected chi connectivity index (χ0v) is 24.1. The summed E-state index contributed by atoms with van der Waals surface area (Å²) >= 11 is 1.06. The number of ether oxygens (including phenoxy) is 2. The maximum Gasteiger partial charge on any atom is 0.406 e. The quantitative estimate of drug-likeness (QED) is 0.219. The van der Waals surface area contributed by atoms with Crippen LogP contribution in [0, 0.1) is 11.3 Å². The number of rotatable bonds is 12. The molecule has 1 aromatic rings. The van der Waals surface area contributed by atoms with Gasteiger partial charge in [0.1, 0.15) is 12.3 Å². The molecule has 0 aromatic carbocycles. The first kappa shape index (κ1) is 31.5. The molecule has 5 atom stereocenters. The van der Waals surface area contributed by atoms with Gasteiger partial charge in [0, 0.05) is 29.3 Å². The number of aromatic amines is 1. The minimum atomic E-state index is -4.02. The highest BCUT2D eigenvalue weighted by Gasteiger charge is 2.37. The first-order valence-electron chi connectivity index (χ1n) is 12.1. The van der Waals surface area contributed by atoms with Crippen LogP contribution in [0.5, 0.6) is 0 Å². The van der Waals surface area contributed by atoms with Crippen molar-refractivity contribution in [1.82, 2.24) is 14.6 Å². The van der Waals surface area contributed by atoms with Crippen LogP contribution in [0.1, 0.15) is 61.1 Å². The maximum atomic E-state index is 13.5. The van der Waals surface area contributed by atoms with Crippen molar-refractivity contribution in [3.05, 3.63) is 33.1 Å². The average Bonchev–Trinajstić information content (AvgIpc) is 3.14. The fourth-order valence-electron chi connectivity index (χ4n) is 3.42. The molecule has 1 fully saturated rings. The number of carbonyl (C=O) groups is 2. The molecule has 210 valence electrons. The molecule has 0 saturated carbocycles. The summed E-state index contributed by atoms with van der Waals surface area (Å²) in [7, 11) is -4.02. The van der Waals surface area contributed by atoms with Crippen LogP contribution in [-0.4, -0.2) is 57.9 Å². The fraction of sp³-hybridized carbons (Fsp3) is 0.739. The second-order valence-corrected chi connectivity index (χ2v) is 13.1. The summed E-state index contributed by atoms with van der Waals surface area (Å²) in [6.07, 6.45) is 0.300. The second-order valence-electron chi connectivity index (χ2n) is 10.2. The molecule has 0 amide bonds. The van der Waals surface area contributed by atoms with E-state index in [-0.39, 0.29) is 36.1 Å². The second kappa shape index (κ2) is 13.3. The van der Waals surface area contributed by atoms with Crippen LogP contribution in [0.15, 0.2) is 21.9 Å². The van der Waals surface area contributed by atoms with Crippen molar-refractivity contribution in [2.75, 3.05) is 19.0 Å². The third-order valence-corrected chi connectivity index (χ3v) is 8.22. The zero-order valence-electron chi connectivity index (χ0n) is 22.3. The number of esters is 1. The Morgan fingerprint density at radius 2 is 1.95 bits per heavy atom. The van der Waals surface area contributed by atoms with Gasteiger partial charge in [-0.2, -0.15) is 0 Å². The van der Waals surface area contributed by atoms with E-state index in [0.717, 1.165) is 11.8 Å². The van der Waals surface area contributed by atoms with Crippen LogP contribution < -0.4 is 16.3 Å². The van der Waals surface area contributed by atoms with Crippen molar-refractivity contribution >= 4 is 30.6 Å². The van der Waals surface area contributed by atoms with Crippen LogP contribution in [-0.2, 0) is 32.7 Å². The van der Waals surface area contributed by atoms with Crippen LogP contribution in [0.25, 0.3) is 0 Å². The molecule has 5 unspecified atom stereocenters. The van der Waals surface area contributed by atoms with Crippen molar-refractivity contribution in [2.24, 2.45) is 11.3 Å². The standard InChI is InChI=1S/C23H38N3O9PS/c1-14(2)34-20(28)16(4)25-36(31,32-10-11-37-21(29)23(5,6)7)33-13-17-12-15(3)19(35-17)26-9-8-18(27)24-22(26)30/h8-9,14-17,19H,10-13H2,1-7H3,(H,25,31)(H,24,27,30). The monoisotopic (exact) mass is 563 g/mol. The van der Waals surface area contributed by atoms with Gasteiger partial charge in [0.2, 0.25) is 0 Å². The van der Waals surface area contributed by atoms with Gasteiger partial charge in [-0.25, -0.2) is 14.4 Å². The summed E-state index contributed by atoms with van der Waals surface area (Å²) in [5.41, 5.74) is -1.64. The predicted octanol–water partition coefficient (Wildman–Crippen LogP) is 2.84. The lowest BCUT2D eigenvalue weighted by atomic mass is 10.00. The van der Waals surface area contributed by atoms with Gasteiger partial charge in [0.25, 0.3) is 5.56 Å². The van der Waals surface area contributed by atoms with Crippen LogP contribution in [0.4, 0.5) is 0 Å². The number of thioether (sulfide) groups is 1. The summed E-state index contributed by atoms with van der Waals surface area (Å²) < 4.78 is 37.1. The Morgan fingerprint density at radius 1 is 1.27 bits per heavy atom. The summed E-state index contributed by atoms with van der Waals surface area (Å²) in [4.78, 5) is 50.2. The van der Waals surface area contributed by atoms with Crippen LogP contribution in [0.2, 0.25) is 0 Å². The molecule has 12 nitrogen and oxygen atoms in total. The topological polar surface area (TPSA) is 155 Å². The van der Waals surface area contributed by atoms with Crippen LogP contribution in [0.3, 0.4) is 0 Å². The van der Waals surface area contributed by atoms with Crippen molar-refractivity contribution in [2.45, 2.75) is 79.4 Å². The lowest BCUT2D eigenvalue weighted by molar-refractivity contribution is -0.149. The lowest BCUT2D eigenvalue weighted by Gasteiger charge is -2.24. The Balaban J connectivity index is 2.05. The SMILES string of the molecule is CC(C)OC(=O)C(C)NP(=O)(OCCSC(=O)C(C)(C)C)OCC1CC(C)C(n2ccc(=O)[nH]c2=O)O1. The van der Waals surface area contributed by atoms with E-state index in [1.54, 1.807) is 34.6 Å². The van der Waals surface area contributed by atoms with Gasteiger partial charge < -0.3 is 9.47 Å².